The molecule has 204 valence electrons. The van der Waals surface area contributed by atoms with Crippen LogP contribution in [0.1, 0.15) is 63.2 Å². The van der Waals surface area contributed by atoms with Crippen molar-refractivity contribution in [2.45, 2.75) is 66.6 Å². The zero-order valence-electron chi connectivity index (χ0n) is 23.2. The molecule has 3 heterocycles. The van der Waals surface area contributed by atoms with Gasteiger partial charge in [-0.15, -0.1) is 17.5 Å². The number of hydrogen-bond donors (Lipinski definition) is 1. The summed E-state index contributed by atoms with van der Waals surface area (Å²) in [5, 5.41) is 13.9. The van der Waals surface area contributed by atoms with Crippen LogP contribution in [0.3, 0.4) is 0 Å². The maximum Gasteiger partial charge on any atom is 0.252 e. The van der Waals surface area contributed by atoms with Gasteiger partial charge in [0.25, 0.3) is 5.56 Å². The highest BCUT2D eigenvalue weighted by Gasteiger charge is 2.33. The van der Waals surface area contributed by atoms with E-state index in [2.05, 4.69) is 90.9 Å². The van der Waals surface area contributed by atoms with Crippen molar-refractivity contribution in [1.29, 1.82) is 0 Å². The summed E-state index contributed by atoms with van der Waals surface area (Å²) < 4.78 is 7.47. The van der Waals surface area contributed by atoms with Gasteiger partial charge in [-0.05, 0) is 85.7 Å². The molecule has 0 aliphatic carbocycles. The number of pyridine rings is 1. The van der Waals surface area contributed by atoms with Crippen molar-refractivity contribution in [3.63, 3.8) is 0 Å². The molecule has 1 atom stereocenters. The van der Waals surface area contributed by atoms with Crippen LogP contribution in [0.4, 0.5) is 0 Å². The predicted octanol–water partition coefficient (Wildman–Crippen LogP) is 3.84. The number of aryl methyl sites for hydroxylation is 2. The summed E-state index contributed by atoms with van der Waals surface area (Å²) in [6, 6.07) is 6.21. The van der Waals surface area contributed by atoms with Gasteiger partial charge >= 0.3 is 0 Å². The number of aromatic amines is 1. The van der Waals surface area contributed by atoms with Gasteiger partial charge in [0.1, 0.15) is 0 Å². The molecule has 0 radical (unpaired) electrons. The van der Waals surface area contributed by atoms with E-state index < -0.39 is 0 Å². The lowest BCUT2D eigenvalue weighted by molar-refractivity contribution is 0.0265. The van der Waals surface area contributed by atoms with Gasteiger partial charge in [-0.3, -0.25) is 14.6 Å². The van der Waals surface area contributed by atoms with Gasteiger partial charge in [0, 0.05) is 43.8 Å². The molecule has 1 aliphatic rings. The summed E-state index contributed by atoms with van der Waals surface area (Å²) in [6.07, 6.45) is 0. The molecule has 1 aromatic carbocycles. The van der Waals surface area contributed by atoms with Gasteiger partial charge in [0.05, 0.1) is 24.8 Å². The summed E-state index contributed by atoms with van der Waals surface area (Å²) in [5.41, 5.74) is 3.73. The van der Waals surface area contributed by atoms with Crippen LogP contribution in [0.5, 0.6) is 0 Å². The number of ether oxygens (including phenoxy) is 1. The topological polar surface area (TPSA) is 92.2 Å². The minimum absolute atomic E-state index is 0. The Labute approximate surface area is 226 Å². The van der Waals surface area contributed by atoms with Gasteiger partial charge < -0.3 is 9.72 Å². The molecule has 0 saturated carbocycles. The number of benzene rings is 1. The van der Waals surface area contributed by atoms with E-state index >= 15 is 0 Å². The highest BCUT2D eigenvalue weighted by Crippen LogP contribution is 2.31. The number of fused-ring (bicyclic) bond motifs is 1. The lowest BCUT2D eigenvalue weighted by Gasteiger charge is -2.37. The van der Waals surface area contributed by atoms with Crippen molar-refractivity contribution < 1.29 is 4.74 Å². The van der Waals surface area contributed by atoms with E-state index in [0.717, 1.165) is 61.7 Å². The average molecular weight is 532 g/mol. The lowest BCUT2D eigenvalue weighted by atomic mass is 9.98. The average Bonchev–Trinajstić information content (AvgIpc) is 3.30. The number of tetrazole rings is 1. The Morgan fingerprint density at radius 2 is 1.78 bits per heavy atom. The van der Waals surface area contributed by atoms with E-state index in [1.165, 1.54) is 11.1 Å². The van der Waals surface area contributed by atoms with E-state index in [1.54, 1.807) is 0 Å². The minimum Gasteiger partial charge on any atom is -0.379 e. The Kier molecular flexibility index (Phi) is 9.50. The molecule has 10 heteroatoms. The van der Waals surface area contributed by atoms with Crippen molar-refractivity contribution in [2.24, 2.45) is 5.92 Å². The van der Waals surface area contributed by atoms with Crippen LogP contribution >= 0.6 is 12.4 Å². The van der Waals surface area contributed by atoms with E-state index in [1.807, 2.05) is 10.7 Å². The highest BCUT2D eigenvalue weighted by atomic mass is 35.5. The van der Waals surface area contributed by atoms with Gasteiger partial charge in [-0.1, -0.05) is 13.8 Å². The molecule has 3 aromatic rings. The Hall–Kier alpha value is -2.33. The van der Waals surface area contributed by atoms with E-state index in [0.29, 0.717) is 6.54 Å². The molecular formula is C27H42ClN7O2. The van der Waals surface area contributed by atoms with Crippen LogP contribution in [0.25, 0.3) is 10.9 Å². The van der Waals surface area contributed by atoms with E-state index in [4.69, 9.17) is 4.74 Å². The second-order valence-electron chi connectivity index (χ2n) is 11.4. The molecule has 0 bridgehead atoms. The Morgan fingerprint density at radius 1 is 1.11 bits per heavy atom. The summed E-state index contributed by atoms with van der Waals surface area (Å²) in [5.74, 6) is 1.08. The number of aromatic nitrogens is 5. The number of nitrogens with zero attached hydrogens (tertiary/aromatic N) is 6. The predicted molar refractivity (Wildman–Crippen MR) is 149 cm³/mol. The highest BCUT2D eigenvalue weighted by molar-refractivity contribution is 5.85. The second-order valence-corrected chi connectivity index (χ2v) is 11.4. The van der Waals surface area contributed by atoms with E-state index in [9.17, 15) is 4.79 Å². The number of hydrogen-bond acceptors (Lipinski definition) is 7. The summed E-state index contributed by atoms with van der Waals surface area (Å²) >= 11 is 0. The van der Waals surface area contributed by atoms with Gasteiger partial charge in [0.2, 0.25) is 0 Å². The maximum absolute atomic E-state index is 13.2. The van der Waals surface area contributed by atoms with Crippen molar-refractivity contribution in [2.75, 3.05) is 39.4 Å². The smallest absolute Gasteiger partial charge is 0.252 e. The SMILES string of the molecule is Cc1cc2cc(CN(CCN3CCOCC3)C(c3nnnn3C(C)(C)C)C(C)C)c(=O)[nH]c2cc1C.Cl. The normalized spacial score (nSPS) is 15.9. The summed E-state index contributed by atoms with van der Waals surface area (Å²) in [4.78, 5) is 21.2. The van der Waals surface area contributed by atoms with Crippen LogP contribution in [-0.2, 0) is 16.8 Å². The Bertz CT molecular complexity index is 1240. The Morgan fingerprint density at radius 3 is 2.43 bits per heavy atom. The van der Waals surface area contributed by atoms with E-state index in [-0.39, 0.29) is 35.5 Å². The first kappa shape index (κ1) is 29.2. The molecule has 1 N–H and O–H groups in total. The molecule has 0 amide bonds. The van der Waals surface area contributed by atoms with Crippen molar-refractivity contribution >= 4 is 23.3 Å². The maximum atomic E-state index is 13.2. The molecule has 1 aliphatic heterocycles. The fraction of sp³-hybridized carbons (Fsp3) is 0.630. The number of H-pyrrole nitrogens is 1. The fourth-order valence-corrected chi connectivity index (χ4v) is 5.01. The van der Waals surface area contributed by atoms with Crippen LogP contribution < -0.4 is 5.56 Å². The number of morpholine rings is 1. The number of halogens is 1. The molecule has 1 unspecified atom stereocenters. The lowest BCUT2D eigenvalue weighted by Crippen LogP contribution is -2.44. The van der Waals surface area contributed by atoms with Crippen LogP contribution in [0, 0.1) is 19.8 Å². The first-order valence-corrected chi connectivity index (χ1v) is 13.0. The minimum atomic E-state index is -0.252. The summed E-state index contributed by atoms with van der Waals surface area (Å²) in [7, 11) is 0. The molecule has 0 spiro atoms. The molecular weight excluding hydrogens is 490 g/mol. The third-order valence-electron chi connectivity index (χ3n) is 7.13. The zero-order chi connectivity index (χ0) is 26.0. The molecule has 4 rings (SSSR count). The monoisotopic (exact) mass is 531 g/mol. The third-order valence-corrected chi connectivity index (χ3v) is 7.13. The largest absolute Gasteiger partial charge is 0.379 e. The Balaban J connectivity index is 0.00000380. The van der Waals surface area contributed by atoms with Gasteiger partial charge in [-0.2, -0.15) is 0 Å². The first-order chi connectivity index (χ1) is 17.0. The second kappa shape index (κ2) is 12.0. The molecule has 1 fully saturated rings. The summed E-state index contributed by atoms with van der Waals surface area (Å²) in [6.45, 7) is 20.5. The first-order valence-electron chi connectivity index (χ1n) is 13.0. The van der Waals surface area contributed by atoms with Gasteiger partial charge in [-0.25, -0.2) is 4.68 Å². The molecule has 2 aromatic heterocycles. The number of nitrogens with one attached hydrogen (secondary N) is 1. The molecule has 1 saturated heterocycles. The van der Waals surface area contributed by atoms with Crippen LogP contribution in [0.15, 0.2) is 23.0 Å². The van der Waals surface area contributed by atoms with Crippen molar-refractivity contribution in [3.05, 3.63) is 51.1 Å². The van der Waals surface area contributed by atoms with Crippen LogP contribution in [-0.4, -0.2) is 74.4 Å². The fourth-order valence-electron chi connectivity index (χ4n) is 5.01. The molecule has 37 heavy (non-hydrogen) atoms. The zero-order valence-corrected chi connectivity index (χ0v) is 24.1. The van der Waals surface area contributed by atoms with Crippen molar-refractivity contribution in [1.82, 2.24) is 35.0 Å². The standard InChI is InChI=1S/C27H41N7O2.ClH/c1-18(2)24(25-29-30-31-34(25)27(5,6)7)33(9-8-32-10-12-36-13-11-32)17-22-16-21-14-19(3)20(4)15-23(21)28-26(22)35;/h14-16,18,24H,8-13,17H2,1-7H3,(H,28,35);1H. The quantitative estimate of drug-likeness (QED) is 0.472. The molecule has 9 nitrogen and oxygen atoms in total. The van der Waals surface area contributed by atoms with Crippen LogP contribution in [0.2, 0.25) is 0 Å². The van der Waals surface area contributed by atoms with Crippen molar-refractivity contribution in [3.8, 4) is 0 Å². The van der Waals surface area contributed by atoms with Gasteiger partial charge in [0.15, 0.2) is 5.82 Å². The third kappa shape index (κ3) is 6.76. The number of rotatable bonds is 8.